The van der Waals surface area contributed by atoms with Gasteiger partial charge in [-0.3, -0.25) is 4.68 Å². The van der Waals surface area contributed by atoms with Crippen LogP contribution in [0.1, 0.15) is 57.7 Å². The van der Waals surface area contributed by atoms with Crippen molar-refractivity contribution in [3.05, 3.63) is 12.0 Å². The second-order valence-electron chi connectivity index (χ2n) is 8.16. The molecule has 136 valence electrons. The third-order valence-electron chi connectivity index (χ3n) is 6.12. The van der Waals surface area contributed by atoms with E-state index in [-0.39, 0.29) is 0 Å². The monoisotopic (exact) mass is 342 g/mol. The number of anilines is 1. The number of hydrogen-bond donors (Lipinski definition) is 1. The number of rotatable bonds is 2. The van der Waals surface area contributed by atoms with Crippen LogP contribution in [-0.2, 0) is 7.05 Å². The molecule has 0 aromatic carbocycles. The number of piperidine rings is 1. The fraction of sp³-hybridized carbons (Fsp3) is 0.737. The molecular formula is C19H30N6. The van der Waals surface area contributed by atoms with Crippen LogP contribution in [-0.4, -0.2) is 45.9 Å². The molecule has 1 spiro atoms. The van der Waals surface area contributed by atoms with Crippen molar-refractivity contribution in [2.45, 2.75) is 51.9 Å². The molecule has 6 heteroatoms. The van der Waals surface area contributed by atoms with Crippen LogP contribution in [0.3, 0.4) is 0 Å². The van der Waals surface area contributed by atoms with E-state index in [0.29, 0.717) is 11.3 Å². The Morgan fingerprint density at radius 1 is 1.08 bits per heavy atom. The van der Waals surface area contributed by atoms with Crippen molar-refractivity contribution in [1.82, 2.24) is 25.1 Å². The predicted octanol–water partition coefficient (Wildman–Crippen LogP) is 2.85. The molecule has 0 amide bonds. The molecule has 0 bridgehead atoms. The van der Waals surface area contributed by atoms with E-state index in [0.717, 1.165) is 35.8 Å². The van der Waals surface area contributed by atoms with Gasteiger partial charge < -0.3 is 10.2 Å². The van der Waals surface area contributed by atoms with Crippen molar-refractivity contribution in [2.24, 2.45) is 12.5 Å². The summed E-state index contributed by atoms with van der Waals surface area (Å²) >= 11 is 0. The lowest BCUT2D eigenvalue weighted by Gasteiger charge is -2.37. The predicted molar refractivity (Wildman–Crippen MR) is 101 cm³/mol. The minimum atomic E-state index is 0.320. The lowest BCUT2D eigenvalue weighted by molar-refractivity contribution is 0.178. The zero-order valence-electron chi connectivity index (χ0n) is 15.8. The van der Waals surface area contributed by atoms with Crippen LogP contribution in [0.5, 0.6) is 0 Å². The van der Waals surface area contributed by atoms with Gasteiger partial charge in [-0.2, -0.15) is 5.10 Å². The van der Waals surface area contributed by atoms with Gasteiger partial charge in [-0.15, -0.1) is 0 Å². The molecule has 0 atom stereocenters. The molecule has 4 rings (SSSR count). The van der Waals surface area contributed by atoms with Crippen LogP contribution in [0.15, 0.2) is 6.20 Å². The third kappa shape index (κ3) is 3.12. The van der Waals surface area contributed by atoms with Crippen molar-refractivity contribution >= 4 is 16.9 Å². The summed E-state index contributed by atoms with van der Waals surface area (Å²) in [6.07, 6.45) is 8.46. The Kier molecular flexibility index (Phi) is 4.40. The number of nitrogens with one attached hydrogen (secondary N) is 1. The fourth-order valence-corrected chi connectivity index (χ4v) is 4.45. The Morgan fingerprint density at radius 3 is 2.64 bits per heavy atom. The lowest BCUT2D eigenvalue weighted by atomic mass is 9.73. The number of nitrogens with zero attached hydrogens (tertiary/aromatic N) is 5. The van der Waals surface area contributed by atoms with Gasteiger partial charge in [0.1, 0.15) is 11.6 Å². The van der Waals surface area contributed by atoms with Crippen molar-refractivity contribution in [3.8, 4) is 0 Å². The molecule has 0 unspecified atom stereocenters. The highest BCUT2D eigenvalue weighted by atomic mass is 15.3. The van der Waals surface area contributed by atoms with E-state index < -0.39 is 0 Å². The first kappa shape index (κ1) is 16.8. The van der Waals surface area contributed by atoms with Crippen LogP contribution in [0.4, 0.5) is 5.82 Å². The summed E-state index contributed by atoms with van der Waals surface area (Å²) in [5, 5.41) is 9.05. The van der Waals surface area contributed by atoms with E-state index in [2.05, 4.69) is 29.2 Å². The van der Waals surface area contributed by atoms with Crippen LogP contribution < -0.4 is 10.2 Å². The summed E-state index contributed by atoms with van der Waals surface area (Å²) in [7, 11) is 1.97. The average molecular weight is 342 g/mol. The van der Waals surface area contributed by atoms with Crippen molar-refractivity contribution < 1.29 is 0 Å². The van der Waals surface area contributed by atoms with Gasteiger partial charge in [-0.05, 0) is 50.6 Å². The second-order valence-corrected chi connectivity index (χ2v) is 8.16. The molecule has 2 aromatic heterocycles. The molecular weight excluding hydrogens is 312 g/mol. The zero-order chi connectivity index (χ0) is 17.4. The maximum absolute atomic E-state index is 4.96. The van der Waals surface area contributed by atoms with Gasteiger partial charge in [0, 0.05) is 26.1 Å². The quantitative estimate of drug-likeness (QED) is 0.909. The van der Waals surface area contributed by atoms with Gasteiger partial charge in [-0.25, -0.2) is 9.97 Å². The molecule has 6 nitrogen and oxygen atoms in total. The second kappa shape index (κ2) is 6.56. The first-order valence-corrected chi connectivity index (χ1v) is 9.73. The van der Waals surface area contributed by atoms with Gasteiger partial charge in [0.2, 0.25) is 0 Å². The maximum Gasteiger partial charge on any atom is 0.163 e. The normalized spacial score (nSPS) is 21.2. The highest BCUT2D eigenvalue weighted by Gasteiger charge is 2.34. The Hall–Kier alpha value is -1.69. The van der Waals surface area contributed by atoms with Crippen molar-refractivity contribution in [1.29, 1.82) is 0 Å². The summed E-state index contributed by atoms with van der Waals surface area (Å²) < 4.78 is 1.87. The molecule has 2 aliphatic heterocycles. The molecule has 4 heterocycles. The van der Waals surface area contributed by atoms with Crippen LogP contribution >= 0.6 is 0 Å². The minimum Gasteiger partial charge on any atom is -0.356 e. The zero-order valence-corrected chi connectivity index (χ0v) is 15.8. The number of hydrogen-bond acceptors (Lipinski definition) is 5. The molecule has 0 saturated carbocycles. The first-order valence-electron chi connectivity index (χ1n) is 9.73. The summed E-state index contributed by atoms with van der Waals surface area (Å²) in [6, 6.07) is 0. The number of fused-ring (bicyclic) bond motifs is 1. The summed E-state index contributed by atoms with van der Waals surface area (Å²) in [6.45, 7) is 8.86. The highest BCUT2D eigenvalue weighted by Crippen LogP contribution is 2.40. The van der Waals surface area contributed by atoms with Crippen LogP contribution in [0.2, 0.25) is 0 Å². The molecule has 2 aliphatic rings. The van der Waals surface area contributed by atoms with Crippen molar-refractivity contribution in [3.63, 3.8) is 0 Å². The van der Waals surface area contributed by atoms with E-state index >= 15 is 0 Å². The van der Waals surface area contributed by atoms with Gasteiger partial charge in [0.05, 0.1) is 11.6 Å². The highest BCUT2D eigenvalue weighted by molar-refractivity contribution is 5.87. The van der Waals surface area contributed by atoms with Gasteiger partial charge in [-0.1, -0.05) is 13.8 Å². The largest absolute Gasteiger partial charge is 0.356 e. The smallest absolute Gasteiger partial charge is 0.163 e. The SMILES string of the molecule is CC(C)c1nc(N2CCCC3(CCNCC3)CC2)c2cnn(C)c2n1. The van der Waals surface area contributed by atoms with E-state index in [9.17, 15) is 0 Å². The number of aryl methyl sites for hydroxylation is 1. The number of aromatic nitrogens is 4. The van der Waals surface area contributed by atoms with Crippen LogP contribution in [0.25, 0.3) is 11.0 Å². The molecule has 25 heavy (non-hydrogen) atoms. The van der Waals surface area contributed by atoms with Gasteiger partial charge >= 0.3 is 0 Å². The van der Waals surface area contributed by atoms with Gasteiger partial charge in [0.15, 0.2) is 5.65 Å². The first-order chi connectivity index (χ1) is 12.1. The molecule has 0 aliphatic carbocycles. The topological polar surface area (TPSA) is 58.9 Å². The molecule has 2 saturated heterocycles. The summed E-state index contributed by atoms with van der Waals surface area (Å²) in [4.78, 5) is 12.2. The standard InChI is InChI=1S/C19H30N6/c1-14(2)16-22-17-15(13-21-24(17)3)18(23-16)25-11-4-5-19(8-12-25)6-9-20-10-7-19/h13-14,20H,4-12H2,1-3H3. The lowest BCUT2D eigenvalue weighted by Crippen LogP contribution is -2.37. The summed E-state index contributed by atoms with van der Waals surface area (Å²) in [5.74, 6) is 2.33. The molecule has 2 aromatic rings. The Morgan fingerprint density at radius 2 is 1.88 bits per heavy atom. The van der Waals surface area contributed by atoms with Crippen molar-refractivity contribution in [2.75, 3.05) is 31.1 Å². The van der Waals surface area contributed by atoms with E-state index in [1.807, 2.05) is 17.9 Å². The Bertz CT molecular complexity index is 744. The van der Waals surface area contributed by atoms with Gasteiger partial charge in [0.25, 0.3) is 0 Å². The fourth-order valence-electron chi connectivity index (χ4n) is 4.45. The third-order valence-corrected chi connectivity index (χ3v) is 6.12. The molecule has 1 N–H and O–H groups in total. The Balaban J connectivity index is 1.67. The van der Waals surface area contributed by atoms with E-state index in [1.165, 1.54) is 45.2 Å². The Labute approximate surface area is 150 Å². The molecule has 2 fully saturated rings. The van der Waals surface area contributed by atoms with E-state index in [4.69, 9.17) is 9.97 Å². The minimum absolute atomic E-state index is 0.320. The van der Waals surface area contributed by atoms with Crippen LogP contribution in [0, 0.1) is 5.41 Å². The molecule has 0 radical (unpaired) electrons. The van der Waals surface area contributed by atoms with E-state index in [1.54, 1.807) is 0 Å². The average Bonchev–Trinajstić information content (AvgIpc) is 2.87. The summed E-state index contributed by atoms with van der Waals surface area (Å²) in [5.41, 5.74) is 1.50. The maximum atomic E-state index is 4.96.